The van der Waals surface area contributed by atoms with Crippen LogP contribution in [0.4, 0.5) is 0 Å². The number of benzene rings is 1. The highest BCUT2D eigenvalue weighted by Crippen LogP contribution is 2.26. The first-order chi connectivity index (χ1) is 8.54. The van der Waals surface area contributed by atoms with Gasteiger partial charge in [0.1, 0.15) is 11.5 Å². The van der Waals surface area contributed by atoms with Crippen LogP contribution in [0.5, 0.6) is 11.5 Å². The number of halogens is 1. The van der Waals surface area contributed by atoms with Crippen LogP contribution in [-0.4, -0.2) is 10.2 Å². The summed E-state index contributed by atoms with van der Waals surface area (Å²) < 4.78 is 1.11. The summed E-state index contributed by atoms with van der Waals surface area (Å²) in [7, 11) is 0. The SMILES string of the molecule is CC(NCc1ccc(Br)s1)c1cc(O)cc(O)c1. The van der Waals surface area contributed by atoms with Crippen LogP contribution < -0.4 is 5.32 Å². The van der Waals surface area contributed by atoms with E-state index < -0.39 is 0 Å². The average molecular weight is 328 g/mol. The summed E-state index contributed by atoms with van der Waals surface area (Å²) in [5, 5.41) is 22.2. The molecule has 3 nitrogen and oxygen atoms in total. The van der Waals surface area contributed by atoms with E-state index in [1.807, 2.05) is 13.0 Å². The highest BCUT2D eigenvalue weighted by Gasteiger charge is 2.08. The molecule has 18 heavy (non-hydrogen) atoms. The number of phenols is 2. The van der Waals surface area contributed by atoms with Gasteiger partial charge in [0.05, 0.1) is 3.79 Å². The molecule has 3 N–H and O–H groups in total. The minimum Gasteiger partial charge on any atom is -0.508 e. The fraction of sp³-hybridized carbons (Fsp3) is 0.231. The summed E-state index contributed by atoms with van der Waals surface area (Å²) in [6, 6.07) is 8.78. The molecule has 0 aliphatic rings. The number of hydrogen-bond donors (Lipinski definition) is 3. The standard InChI is InChI=1S/C13H14BrNO2S/c1-8(9-4-10(16)6-11(17)5-9)15-7-12-2-3-13(14)18-12/h2-6,8,15-17H,7H2,1H3. The van der Waals surface area contributed by atoms with Gasteiger partial charge in [-0.1, -0.05) is 0 Å². The van der Waals surface area contributed by atoms with E-state index in [2.05, 4.69) is 27.3 Å². The molecule has 0 saturated carbocycles. The molecule has 0 spiro atoms. The summed E-state index contributed by atoms with van der Waals surface area (Å²) in [5.41, 5.74) is 0.864. The minimum atomic E-state index is 0.0591. The second-order valence-corrected chi connectivity index (χ2v) is 6.64. The zero-order valence-electron chi connectivity index (χ0n) is 9.85. The number of thiophene rings is 1. The maximum atomic E-state index is 9.44. The molecule has 1 heterocycles. The molecule has 0 saturated heterocycles. The number of phenolic OH excluding ortho intramolecular Hbond substituents is 2. The van der Waals surface area contributed by atoms with E-state index in [4.69, 9.17) is 0 Å². The minimum absolute atomic E-state index is 0.0591. The van der Waals surface area contributed by atoms with Gasteiger partial charge in [-0.05, 0) is 52.7 Å². The van der Waals surface area contributed by atoms with Crippen molar-refractivity contribution in [1.82, 2.24) is 5.32 Å². The van der Waals surface area contributed by atoms with Gasteiger partial charge in [0.2, 0.25) is 0 Å². The van der Waals surface area contributed by atoms with Gasteiger partial charge in [0.25, 0.3) is 0 Å². The van der Waals surface area contributed by atoms with Crippen LogP contribution in [0.1, 0.15) is 23.4 Å². The van der Waals surface area contributed by atoms with Crippen LogP contribution in [0.25, 0.3) is 0 Å². The number of nitrogens with one attached hydrogen (secondary N) is 1. The molecule has 0 aliphatic carbocycles. The molecule has 2 rings (SSSR count). The van der Waals surface area contributed by atoms with Crippen LogP contribution in [-0.2, 0) is 6.54 Å². The molecule has 1 unspecified atom stereocenters. The van der Waals surface area contributed by atoms with E-state index in [0.717, 1.165) is 15.9 Å². The van der Waals surface area contributed by atoms with Gasteiger partial charge in [-0.25, -0.2) is 0 Å². The van der Waals surface area contributed by atoms with E-state index in [1.54, 1.807) is 23.5 Å². The lowest BCUT2D eigenvalue weighted by atomic mass is 10.1. The molecule has 0 bridgehead atoms. The summed E-state index contributed by atoms with van der Waals surface area (Å²) >= 11 is 5.11. The van der Waals surface area contributed by atoms with Gasteiger partial charge >= 0.3 is 0 Å². The van der Waals surface area contributed by atoms with Gasteiger partial charge in [0, 0.05) is 23.5 Å². The second-order valence-electron chi connectivity index (χ2n) is 4.09. The molecule has 0 fully saturated rings. The smallest absolute Gasteiger partial charge is 0.119 e. The third kappa shape index (κ3) is 3.48. The van der Waals surface area contributed by atoms with E-state index >= 15 is 0 Å². The maximum Gasteiger partial charge on any atom is 0.119 e. The molecule has 96 valence electrons. The fourth-order valence-corrected chi connectivity index (χ4v) is 3.12. The lowest BCUT2D eigenvalue weighted by molar-refractivity contribution is 0.446. The van der Waals surface area contributed by atoms with Crippen molar-refractivity contribution in [1.29, 1.82) is 0 Å². The van der Waals surface area contributed by atoms with E-state index in [-0.39, 0.29) is 17.5 Å². The van der Waals surface area contributed by atoms with Crippen LogP contribution in [0, 0.1) is 0 Å². The first kappa shape index (κ1) is 13.4. The third-order valence-corrected chi connectivity index (χ3v) is 4.26. The molecule has 0 aliphatic heterocycles. The quantitative estimate of drug-likeness (QED) is 0.801. The molecule has 0 amide bonds. The summed E-state index contributed by atoms with van der Waals surface area (Å²) in [5.74, 6) is 0.162. The normalized spacial score (nSPS) is 12.6. The second kappa shape index (κ2) is 5.73. The molecule has 1 atom stereocenters. The lowest BCUT2D eigenvalue weighted by Crippen LogP contribution is -2.17. The van der Waals surface area contributed by atoms with Crippen molar-refractivity contribution in [2.75, 3.05) is 0 Å². The predicted molar refractivity (Wildman–Crippen MR) is 77.0 cm³/mol. The summed E-state index contributed by atoms with van der Waals surface area (Å²) in [6.45, 7) is 2.75. The predicted octanol–water partition coefficient (Wildman–Crippen LogP) is 3.77. The maximum absolute atomic E-state index is 9.44. The van der Waals surface area contributed by atoms with Gasteiger partial charge < -0.3 is 15.5 Å². The Morgan fingerprint density at radius 3 is 2.44 bits per heavy atom. The lowest BCUT2D eigenvalue weighted by Gasteiger charge is -2.14. The van der Waals surface area contributed by atoms with Crippen molar-refractivity contribution < 1.29 is 10.2 Å². The Bertz CT molecular complexity index is 521. The zero-order valence-corrected chi connectivity index (χ0v) is 12.3. The van der Waals surface area contributed by atoms with Crippen LogP contribution in [0.3, 0.4) is 0 Å². The number of hydrogen-bond acceptors (Lipinski definition) is 4. The molecule has 1 aromatic heterocycles. The van der Waals surface area contributed by atoms with E-state index in [0.29, 0.717) is 0 Å². The Balaban J connectivity index is 2.01. The number of aromatic hydroxyl groups is 2. The highest BCUT2D eigenvalue weighted by atomic mass is 79.9. The van der Waals surface area contributed by atoms with Crippen molar-refractivity contribution >= 4 is 27.3 Å². The van der Waals surface area contributed by atoms with Gasteiger partial charge in [0.15, 0.2) is 0 Å². The van der Waals surface area contributed by atoms with Crippen LogP contribution in [0.2, 0.25) is 0 Å². The average Bonchev–Trinajstić information content (AvgIpc) is 2.70. The first-order valence-electron chi connectivity index (χ1n) is 5.55. The summed E-state index contributed by atoms with van der Waals surface area (Å²) in [4.78, 5) is 1.23. The highest BCUT2D eigenvalue weighted by molar-refractivity contribution is 9.11. The Labute approximate surface area is 118 Å². The Morgan fingerprint density at radius 2 is 1.89 bits per heavy atom. The monoisotopic (exact) mass is 327 g/mol. The van der Waals surface area contributed by atoms with Crippen LogP contribution >= 0.6 is 27.3 Å². The third-order valence-electron chi connectivity index (χ3n) is 2.64. The molecule has 1 aromatic carbocycles. The van der Waals surface area contributed by atoms with Crippen molar-refractivity contribution in [3.05, 3.63) is 44.6 Å². The van der Waals surface area contributed by atoms with E-state index in [9.17, 15) is 10.2 Å². The van der Waals surface area contributed by atoms with Crippen molar-refractivity contribution in [3.63, 3.8) is 0 Å². The first-order valence-corrected chi connectivity index (χ1v) is 7.16. The number of rotatable bonds is 4. The van der Waals surface area contributed by atoms with Gasteiger partial charge in [-0.2, -0.15) is 0 Å². The summed E-state index contributed by atoms with van der Waals surface area (Å²) in [6.07, 6.45) is 0. The molecule has 5 heteroatoms. The fourth-order valence-electron chi connectivity index (χ4n) is 1.69. The van der Waals surface area contributed by atoms with Crippen LogP contribution in [0.15, 0.2) is 34.1 Å². The molecular weight excluding hydrogens is 314 g/mol. The van der Waals surface area contributed by atoms with Gasteiger partial charge in [-0.15, -0.1) is 11.3 Å². The Kier molecular flexibility index (Phi) is 4.27. The van der Waals surface area contributed by atoms with Crippen molar-refractivity contribution in [2.24, 2.45) is 0 Å². The van der Waals surface area contributed by atoms with E-state index in [1.165, 1.54) is 10.9 Å². The van der Waals surface area contributed by atoms with Crippen molar-refractivity contribution in [2.45, 2.75) is 19.5 Å². The molecular formula is C13H14BrNO2S. The topological polar surface area (TPSA) is 52.5 Å². The zero-order chi connectivity index (χ0) is 13.1. The molecule has 0 radical (unpaired) electrons. The Morgan fingerprint density at radius 1 is 1.22 bits per heavy atom. The molecule has 2 aromatic rings. The Hall–Kier alpha value is -1.04. The van der Waals surface area contributed by atoms with Gasteiger partial charge in [-0.3, -0.25) is 0 Å². The van der Waals surface area contributed by atoms with Crippen molar-refractivity contribution in [3.8, 4) is 11.5 Å². The largest absolute Gasteiger partial charge is 0.508 e.